The average Bonchev–Trinajstić information content (AvgIpc) is 2.91. The molecule has 0 radical (unpaired) electrons. The molecule has 1 aliphatic rings. The number of nitrogens with two attached hydrogens (primary N) is 1. The molecular weight excluding hydrogens is 282 g/mol. The molecule has 0 atom stereocenters. The third-order valence-corrected chi connectivity index (χ3v) is 5.48. The van der Waals surface area contributed by atoms with Crippen LogP contribution in [0, 0.1) is 5.92 Å². The minimum absolute atomic E-state index is 0.0931. The molecule has 0 saturated heterocycles. The molecule has 1 fully saturated rings. The van der Waals surface area contributed by atoms with Gasteiger partial charge in [-0.1, -0.05) is 13.3 Å². The van der Waals surface area contributed by atoms with E-state index in [0.717, 1.165) is 34.5 Å². The topological polar surface area (TPSA) is 52.3 Å². The molecule has 0 spiro atoms. The van der Waals surface area contributed by atoms with Gasteiger partial charge in [0, 0.05) is 10.4 Å². The molecule has 4 heteroatoms. The van der Waals surface area contributed by atoms with Crippen LogP contribution in [-0.2, 0) is 4.74 Å². The van der Waals surface area contributed by atoms with E-state index in [2.05, 4.69) is 6.92 Å². The van der Waals surface area contributed by atoms with E-state index in [1.165, 1.54) is 30.6 Å². The van der Waals surface area contributed by atoms with Crippen LogP contribution in [0.3, 0.4) is 0 Å². The third-order valence-electron chi connectivity index (χ3n) is 4.39. The van der Waals surface area contributed by atoms with Gasteiger partial charge in [-0.25, -0.2) is 4.79 Å². The van der Waals surface area contributed by atoms with E-state index in [1.54, 1.807) is 0 Å². The molecule has 1 aromatic carbocycles. The molecule has 1 aliphatic carbocycles. The van der Waals surface area contributed by atoms with Gasteiger partial charge in [-0.3, -0.25) is 0 Å². The van der Waals surface area contributed by atoms with Crippen molar-refractivity contribution in [2.45, 2.75) is 45.1 Å². The highest BCUT2D eigenvalue weighted by Crippen LogP contribution is 2.31. The molecular formula is C17H21NO2S. The second kappa shape index (κ2) is 6.06. The maximum atomic E-state index is 12.3. The van der Waals surface area contributed by atoms with E-state index in [9.17, 15) is 4.79 Å². The Hall–Kier alpha value is -1.55. The zero-order valence-electron chi connectivity index (χ0n) is 12.3. The van der Waals surface area contributed by atoms with Crippen LogP contribution in [0.2, 0.25) is 0 Å². The molecule has 2 aromatic rings. The fourth-order valence-corrected chi connectivity index (χ4v) is 3.96. The summed E-state index contributed by atoms with van der Waals surface area (Å²) < 4.78 is 6.75. The summed E-state index contributed by atoms with van der Waals surface area (Å²) in [7, 11) is 0. The first-order valence-electron chi connectivity index (χ1n) is 7.65. The van der Waals surface area contributed by atoms with Crippen molar-refractivity contribution in [3.05, 3.63) is 29.1 Å². The number of ether oxygens (including phenoxy) is 1. The van der Waals surface area contributed by atoms with Gasteiger partial charge in [-0.2, -0.15) is 0 Å². The average molecular weight is 303 g/mol. The van der Waals surface area contributed by atoms with Crippen molar-refractivity contribution in [2.75, 3.05) is 5.73 Å². The van der Waals surface area contributed by atoms with E-state index in [1.807, 2.05) is 24.3 Å². The van der Waals surface area contributed by atoms with Gasteiger partial charge in [0.25, 0.3) is 0 Å². The van der Waals surface area contributed by atoms with E-state index in [4.69, 9.17) is 10.5 Å². The zero-order valence-corrected chi connectivity index (χ0v) is 13.1. The number of esters is 1. The lowest BCUT2D eigenvalue weighted by Gasteiger charge is -2.27. The Morgan fingerprint density at radius 1 is 1.29 bits per heavy atom. The fraction of sp³-hybridized carbons (Fsp3) is 0.471. The predicted molar refractivity (Wildman–Crippen MR) is 87.7 cm³/mol. The van der Waals surface area contributed by atoms with E-state index < -0.39 is 0 Å². The Labute approximate surface area is 129 Å². The molecule has 112 valence electrons. The number of rotatable bonds is 3. The lowest BCUT2D eigenvalue weighted by atomic mass is 9.86. The molecule has 2 N–H and O–H groups in total. The minimum atomic E-state index is -0.185. The Kier molecular flexibility index (Phi) is 4.15. The lowest BCUT2D eigenvalue weighted by Crippen LogP contribution is -2.24. The third kappa shape index (κ3) is 3.21. The van der Waals surface area contributed by atoms with Gasteiger partial charge in [0.1, 0.15) is 11.0 Å². The molecule has 1 saturated carbocycles. The maximum absolute atomic E-state index is 12.3. The maximum Gasteiger partial charge on any atom is 0.348 e. The van der Waals surface area contributed by atoms with Crippen molar-refractivity contribution >= 4 is 33.1 Å². The first-order chi connectivity index (χ1) is 10.2. The van der Waals surface area contributed by atoms with Gasteiger partial charge >= 0.3 is 5.97 Å². The zero-order chi connectivity index (χ0) is 14.8. The van der Waals surface area contributed by atoms with Crippen LogP contribution in [0.25, 0.3) is 10.1 Å². The molecule has 0 unspecified atom stereocenters. The number of hydrogen-bond acceptors (Lipinski definition) is 4. The van der Waals surface area contributed by atoms with Crippen LogP contribution >= 0.6 is 11.3 Å². The smallest absolute Gasteiger partial charge is 0.348 e. The van der Waals surface area contributed by atoms with Crippen molar-refractivity contribution in [3.8, 4) is 0 Å². The van der Waals surface area contributed by atoms with Gasteiger partial charge in [0.05, 0.1) is 0 Å². The SMILES string of the molecule is CCC1CCC(OC(=O)c2cc3cc(N)ccc3s2)CC1. The molecule has 1 aromatic heterocycles. The molecule has 0 amide bonds. The van der Waals surface area contributed by atoms with Gasteiger partial charge < -0.3 is 10.5 Å². The quantitative estimate of drug-likeness (QED) is 0.665. The summed E-state index contributed by atoms with van der Waals surface area (Å²) in [5.74, 6) is 0.627. The number of benzene rings is 1. The highest BCUT2D eigenvalue weighted by molar-refractivity contribution is 7.20. The van der Waals surface area contributed by atoms with Crippen LogP contribution in [0.5, 0.6) is 0 Å². The standard InChI is InChI=1S/C17H21NO2S/c1-2-11-3-6-14(7-4-11)20-17(19)16-10-12-9-13(18)5-8-15(12)21-16/h5,8-11,14H,2-4,6-7,18H2,1H3. The van der Waals surface area contributed by atoms with E-state index in [0.29, 0.717) is 4.88 Å². The Balaban J connectivity index is 1.67. The first-order valence-corrected chi connectivity index (χ1v) is 8.47. The number of thiophene rings is 1. The number of hydrogen-bond donors (Lipinski definition) is 1. The highest BCUT2D eigenvalue weighted by atomic mass is 32.1. The van der Waals surface area contributed by atoms with Crippen molar-refractivity contribution in [3.63, 3.8) is 0 Å². The Morgan fingerprint density at radius 2 is 2.05 bits per heavy atom. The van der Waals surface area contributed by atoms with Gasteiger partial charge in [0.15, 0.2) is 0 Å². The summed E-state index contributed by atoms with van der Waals surface area (Å²) in [6.07, 6.45) is 5.69. The van der Waals surface area contributed by atoms with Crippen molar-refractivity contribution < 1.29 is 9.53 Å². The van der Waals surface area contributed by atoms with Crippen LogP contribution < -0.4 is 5.73 Å². The number of fused-ring (bicyclic) bond motifs is 1. The lowest BCUT2D eigenvalue weighted by molar-refractivity contribution is 0.0170. The van der Waals surface area contributed by atoms with E-state index in [-0.39, 0.29) is 12.1 Å². The molecule has 21 heavy (non-hydrogen) atoms. The normalized spacial score (nSPS) is 22.3. The minimum Gasteiger partial charge on any atom is -0.458 e. The first kappa shape index (κ1) is 14.4. The fourth-order valence-electron chi connectivity index (χ4n) is 3.03. The van der Waals surface area contributed by atoms with Crippen molar-refractivity contribution in [1.82, 2.24) is 0 Å². The second-order valence-corrected chi connectivity index (χ2v) is 6.95. The number of anilines is 1. The van der Waals surface area contributed by atoms with Gasteiger partial charge in [-0.15, -0.1) is 11.3 Å². The largest absolute Gasteiger partial charge is 0.458 e. The summed E-state index contributed by atoms with van der Waals surface area (Å²) in [5.41, 5.74) is 6.49. The highest BCUT2D eigenvalue weighted by Gasteiger charge is 2.24. The van der Waals surface area contributed by atoms with Crippen molar-refractivity contribution in [2.24, 2.45) is 5.92 Å². The molecule has 3 rings (SSSR count). The summed E-state index contributed by atoms with van der Waals surface area (Å²) in [4.78, 5) is 12.9. The van der Waals surface area contributed by atoms with E-state index >= 15 is 0 Å². The monoisotopic (exact) mass is 303 g/mol. The van der Waals surface area contributed by atoms with Crippen LogP contribution in [0.1, 0.15) is 48.7 Å². The van der Waals surface area contributed by atoms with Crippen molar-refractivity contribution in [1.29, 1.82) is 0 Å². The number of nitrogen functional groups attached to an aromatic ring is 1. The summed E-state index contributed by atoms with van der Waals surface area (Å²) in [6, 6.07) is 7.60. The van der Waals surface area contributed by atoms with Crippen LogP contribution in [-0.4, -0.2) is 12.1 Å². The Morgan fingerprint density at radius 3 is 2.76 bits per heavy atom. The molecule has 0 aliphatic heterocycles. The molecule has 3 nitrogen and oxygen atoms in total. The molecule has 0 bridgehead atoms. The molecule has 1 heterocycles. The summed E-state index contributed by atoms with van der Waals surface area (Å²) in [5, 5.41) is 1.02. The van der Waals surface area contributed by atoms with Gasteiger partial charge in [0.2, 0.25) is 0 Å². The summed E-state index contributed by atoms with van der Waals surface area (Å²) >= 11 is 1.48. The number of carbonyl (C=O) groups excluding carboxylic acids is 1. The van der Waals surface area contributed by atoms with Crippen LogP contribution in [0.4, 0.5) is 5.69 Å². The Bertz CT molecular complexity index is 641. The second-order valence-electron chi connectivity index (χ2n) is 5.86. The number of carbonyl (C=O) groups is 1. The predicted octanol–water partition coefficient (Wildman–Crippen LogP) is 4.61. The van der Waals surface area contributed by atoms with Crippen LogP contribution in [0.15, 0.2) is 24.3 Å². The van der Waals surface area contributed by atoms with Gasteiger partial charge in [-0.05, 0) is 61.3 Å². The summed E-state index contributed by atoms with van der Waals surface area (Å²) in [6.45, 7) is 2.24.